The maximum atomic E-state index is 13.3. The molecule has 0 radical (unpaired) electrons. The molecule has 4 aromatic carbocycles. The summed E-state index contributed by atoms with van der Waals surface area (Å²) in [5.41, 5.74) is 6.45. The molecule has 0 saturated heterocycles. The van der Waals surface area contributed by atoms with Crippen molar-refractivity contribution in [1.82, 2.24) is 10.4 Å². The number of rotatable bonds is 6. The highest BCUT2D eigenvalue weighted by Gasteiger charge is 2.20. The Hall–Kier alpha value is -3.47. The summed E-state index contributed by atoms with van der Waals surface area (Å²) in [4.78, 5) is 29.2. The van der Waals surface area contributed by atoms with Crippen LogP contribution in [0.25, 0.3) is 22.0 Å². The second-order valence-electron chi connectivity index (χ2n) is 8.18. The van der Waals surface area contributed by atoms with Gasteiger partial charge in [-0.1, -0.05) is 70.0 Å². The molecule has 6 nitrogen and oxygen atoms in total. The first-order chi connectivity index (χ1) is 18.4. The number of H-pyrrole nitrogens is 1. The van der Waals surface area contributed by atoms with E-state index in [1.165, 1.54) is 6.21 Å². The van der Waals surface area contributed by atoms with E-state index in [1.807, 2.05) is 48.5 Å². The number of amides is 1. The molecule has 0 unspecified atom stereocenters. The van der Waals surface area contributed by atoms with Crippen LogP contribution in [0.5, 0.6) is 5.75 Å². The summed E-state index contributed by atoms with van der Waals surface area (Å²) in [6.07, 6.45) is 1.43. The predicted molar refractivity (Wildman–Crippen MR) is 162 cm³/mol. The van der Waals surface area contributed by atoms with Gasteiger partial charge < -0.3 is 9.72 Å². The van der Waals surface area contributed by atoms with Gasteiger partial charge in [-0.15, -0.1) is 0 Å². The van der Waals surface area contributed by atoms with Crippen LogP contribution in [0.1, 0.15) is 26.4 Å². The molecule has 188 valence electrons. The van der Waals surface area contributed by atoms with Crippen LogP contribution in [0.15, 0.2) is 101 Å². The van der Waals surface area contributed by atoms with Crippen LogP contribution in [0, 0.1) is 3.57 Å². The molecule has 2 N–H and O–H groups in total. The van der Waals surface area contributed by atoms with Crippen molar-refractivity contribution in [2.45, 2.75) is 0 Å². The molecule has 0 bridgehead atoms. The largest absolute Gasteiger partial charge is 0.422 e. The number of nitrogens with zero attached hydrogens (tertiary/aromatic N) is 1. The van der Waals surface area contributed by atoms with Crippen molar-refractivity contribution in [2.75, 3.05) is 0 Å². The Morgan fingerprint density at radius 3 is 2.50 bits per heavy atom. The minimum atomic E-state index is -0.539. The van der Waals surface area contributed by atoms with E-state index in [-0.39, 0.29) is 5.75 Å². The number of aromatic nitrogens is 1. The van der Waals surface area contributed by atoms with Crippen molar-refractivity contribution in [3.63, 3.8) is 0 Å². The summed E-state index contributed by atoms with van der Waals surface area (Å²) < 4.78 is 7.34. The number of benzene rings is 4. The topological polar surface area (TPSA) is 83.5 Å². The molecule has 0 aliphatic carbocycles. The molecule has 1 aromatic heterocycles. The summed E-state index contributed by atoms with van der Waals surface area (Å²) in [6, 6.07) is 27.2. The van der Waals surface area contributed by atoms with Crippen LogP contribution >= 0.6 is 50.1 Å². The number of carbonyl (C=O) groups excluding carboxylic acids is 2. The lowest BCUT2D eigenvalue weighted by atomic mass is 10.0. The monoisotopic (exact) mass is 697 g/mol. The van der Waals surface area contributed by atoms with Crippen LogP contribution in [0.3, 0.4) is 0 Å². The number of hydrogen-bond donors (Lipinski definition) is 2. The Morgan fingerprint density at radius 1 is 0.974 bits per heavy atom. The molecule has 38 heavy (non-hydrogen) atoms. The molecule has 0 saturated carbocycles. The molecule has 5 rings (SSSR count). The minimum Gasteiger partial charge on any atom is -0.422 e. The van der Waals surface area contributed by atoms with E-state index in [0.29, 0.717) is 21.8 Å². The first-order valence-corrected chi connectivity index (χ1v) is 13.6. The van der Waals surface area contributed by atoms with Crippen LogP contribution in [0.2, 0.25) is 5.02 Å². The molecular formula is C29H18BrClIN3O3. The number of carbonyl (C=O) groups is 2. The Balaban J connectivity index is 1.41. The van der Waals surface area contributed by atoms with Crippen LogP contribution < -0.4 is 10.2 Å². The average molecular weight is 699 g/mol. The fourth-order valence-corrected chi connectivity index (χ4v) is 5.07. The number of para-hydroxylation sites is 1. The lowest BCUT2D eigenvalue weighted by Crippen LogP contribution is -2.19. The van der Waals surface area contributed by atoms with E-state index >= 15 is 0 Å². The van der Waals surface area contributed by atoms with Crippen molar-refractivity contribution in [3.05, 3.63) is 121 Å². The van der Waals surface area contributed by atoms with Gasteiger partial charge in [0.1, 0.15) is 11.4 Å². The van der Waals surface area contributed by atoms with Gasteiger partial charge in [0, 0.05) is 29.6 Å². The molecular weight excluding hydrogens is 681 g/mol. The fraction of sp³-hybridized carbons (Fsp3) is 0. The Bertz CT molecular complexity index is 1690. The SMILES string of the molecule is O=C(Oc1ccc(Br)cc1C=NNC(=O)c1[nH]c2c(I)cccc2c1-c1ccccc1)c1ccc(Cl)cc1. The predicted octanol–water partition coefficient (Wildman–Crippen LogP) is 7.84. The highest BCUT2D eigenvalue weighted by molar-refractivity contribution is 14.1. The summed E-state index contributed by atoms with van der Waals surface area (Å²) in [5.74, 6) is -0.652. The van der Waals surface area contributed by atoms with Gasteiger partial charge in [-0.3, -0.25) is 4.79 Å². The van der Waals surface area contributed by atoms with E-state index in [2.05, 4.69) is 54.0 Å². The van der Waals surface area contributed by atoms with Crippen molar-refractivity contribution >= 4 is 79.1 Å². The first kappa shape index (κ1) is 26.1. The molecule has 9 heteroatoms. The number of hydrazone groups is 1. The number of esters is 1. The molecule has 1 amide bonds. The molecule has 0 fully saturated rings. The van der Waals surface area contributed by atoms with Crippen LogP contribution in [0.4, 0.5) is 0 Å². The fourth-order valence-electron chi connectivity index (χ4n) is 3.93. The van der Waals surface area contributed by atoms with Crippen molar-refractivity contribution in [2.24, 2.45) is 5.10 Å². The first-order valence-electron chi connectivity index (χ1n) is 11.4. The van der Waals surface area contributed by atoms with Gasteiger partial charge in [0.25, 0.3) is 5.91 Å². The van der Waals surface area contributed by atoms with Gasteiger partial charge in [-0.05, 0) is 76.7 Å². The third-order valence-corrected chi connectivity index (χ3v) is 7.34. The van der Waals surface area contributed by atoms with E-state index in [1.54, 1.807) is 42.5 Å². The lowest BCUT2D eigenvalue weighted by Gasteiger charge is -2.08. The van der Waals surface area contributed by atoms with E-state index in [9.17, 15) is 9.59 Å². The average Bonchev–Trinajstić information content (AvgIpc) is 3.32. The van der Waals surface area contributed by atoms with Gasteiger partial charge in [-0.25, -0.2) is 10.2 Å². The Kier molecular flexibility index (Phi) is 7.92. The molecule has 0 spiro atoms. The second kappa shape index (κ2) is 11.5. The minimum absolute atomic E-state index is 0.288. The number of halogens is 3. The van der Waals surface area contributed by atoms with Gasteiger partial charge in [0.05, 0.1) is 17.3 Å². The lowest BCUT2D eigenvalue weighted by molar-refractivity contribution is 0.0734. The van der Waals surface area contributed by atoms with Crippen molar-refractivity contribution in [3.8, 4) is 16.9 Å². The Labute approximate surface area is 245 Å². The molecule has 0 aliphatic rings. The molecule has 1 heterocycles. The summed E-state index contributed by atoms with van der Waals surface area (Å²) in [5, 5.41) is 5.63. The number of aromatic amines is 1. The molecule has 5 aromatic rings. The number of nitrogens with one attached hydrogen (secondary N) is 2. The van der Waals surface area contributed by atoms with Gasteiger partial charge in [0.2, 0.25) is 0 Å². The van der Waals surface area contributed by atoms with Gasteiger partial charge in [0.15, 0.2) is 0 Å². The third kappa shape index (κ3) is 5.67. The highest BCUT2D eigenvalue weighted by atomic mass is 127. The maximum absolute atomic E-state index is 13.3. The standard InChI is InChI=1S/C29H18BrClIN3O3/c30-20-11-14-24(38-29(37)18-9-12-21(31)13-10-18)19(15-20)16-33-35-28(36)27-25(17-5-2-1-3-6-17)22-7-4-8-23(32)26(22)34-27/h1-16,34H,(H,35,36). The molecule has 0 aliphatic heterocycles. The van der Waals surface area contributed by atoms with E-state index in [4.69, 9.17) is 16.3 Å². The summed E-state index contributed by atoms with van der Waals surface area (Å²) in [7, 11) is 0. The summed E-state index contributed by atoms with van der Waals surface area (Å²) >= 11 is 11.6. The van der Waals surface area contributed by atoms with Crippen LogP contribution in [-0.4, -0.2) is 23.1 Å². The van der Waals surface area contributed by atoms with E-state index < -0.39 is 11.9 Å². The number of hydrogen-bond acceptors (Lipinski definition) is 4. The highest BCUT2D eigenvalue weighted by Crippen LogP contribution is 2.34. The maximum Gasteiger partial charge on any atom is 0.343 e. The third-order valence-electron chi connectivity index (χ3n) is 5.70. The van der Waals surface area contributed by atoms with Crippen molar-refractivity contribution in [1.29, 1.82) is 0 Å². The smallest absolute Gasteiger partial charge is 0.343 e. The number of fused-ring (bicyclic) bond motifs is 1. The Morgan fingerprint density at radius 2 is 1.74 bits per heavy atom. The zero-order valence-electron chi connectivity index (χ0n) is 19.5. The van der Waals surface area contributed by atoms with Gasteiger partial charge in [-0.2, -0.15) is 5.10 Å². The zero-order chi connectivity index (χ0) is 26.6. The van der Waals surface area contributed by atoms with E-state index in [0.717, 1.165) is 30.1 Å². The van der Waals surface area contributed by atoms with Crippen LogP contribution in [-0.2, 0) is 0 Å². The van der Waals surface area contributed by atoms with Gasteiger partial charge >= 0.3 is 5.97 Å². The molecule has 0 atom stereocenters. The normalized spacial score (nSPS) is 11.1. The van der Waals surface area contributed by atoms with Crippen molar-refractivity contribution < 1.29 is 14.3 Å². The number of ether oxygens (including phenoxy) is 1. The quantitative estimate of drug-likeness (QED) is 0.0624. The summed E-state index contributed by atoms with van der Waals surface area (Å²) in [6.45, 7) is 0. The second-order valence-corrected chi connectivity index (χ2v) is 10.7. The zero-order valence-corrected chi connectivity index (χ0v) is 24.0.